The zero-order valence-electron chi connectivity index (χ0n) is 14.6. The number of nitrogens with one attached hydrogen (secondary N) is 1. The van der Waals surface area contributed by atoms with Gasteiger partial charge in [0.05, 0.1) is 11.9 Å². The van der Waals surface area contributed by atoms with Crippen molar-refractivity contribution in [1.82, 2.24) is 5.32 Å². The molecule has 0 saturated heterocycles. The molecule has 3 rings (SSSR count). The largest absolute Gasteiger partial charge is 0.348 e. The van der Waals surface area contributed by atoms with Gasteiger partial charge in [0.25, 0.3) is 5.91 Å². The first kappa shape index (κ1) is 17.9. The Morgan fingerprint density at radius 3 is 2.31 bits per heavy atom. The number of hydrogen-bond acceptors (Lipinski definition) is 3. The molecule has 5 nitrogen and oxygen atoms in total. The van der Waals surface area contributed by atoms with Crippen LogP contribution in [0.5, 0.6) is 0 Å². The number of hydrogen-bond donors (Lipinski definition) is 1. The van der Waals surface area contributed by atoms with Crippen molar-refractivity contribution in [2.24, 2.45) is 0 Å². The van der Waals surface area contributed by atoms with Crippen molar-refractivity contribution in [3.8, 4) is 0 Å². The molecular formula is C20H20N2O3S. The molecule has 0 fully saturated rings. The molecular weight excluding hydrogens is 348 g/mol. The fraction of sp³-hybridized carbons (Fsp3) is 0.150. The molecule has 0 aliphatic rings. The highest BCUT2D eigenvalue weighted by molar-refractivity contribution is 7.92. The molecule has 3 aromatic carbocycles. The molecule has 0 atom stereocenters. The Labute approximate surface area is 153 Å². The highest BCUT2D eigenvalue weighted by atomic mass is 32.2. The van der Waals surface area contributed by atoms with Gasteiger partial charge in [-0.2, -0.15) is 0 Å². The molecule has 0 radical (unpaired) electrons. The normalized spacial score (nSPS) is 11.3. The fourth-order valence-corrected chi connectivity index (χ4v) is 3.24. The molecule has 0 heterocycles. The van der Waals surface area contributed by atoms with Crippen LogP contribution in [0.25, 0.3) is 10.8 Å². The van der Waals surface area contributed by atoms with Crippen LogP contribution in [0, 0.1) is 0 Å². The number of sulfonamides is 1. The van der Waals surface area contributed by atoms with Gasteiger partial charge in [-0.15, -0.1) is 0 Å². The molecule has 0 unspecified atom stereocenters. The number of anilines is 1. The van der Waals surface area contributed by atoms with Gasteiger partial charge in [-0.05, 0) is 40.6 Å². The molecule has 0 bridgehead atoms. The van der Waals surface area contributed by atoms with Crippen LogP contribution >= 0.6 is 0 Å². The zero-order valence-corrected chi connectivity index (χ0v) is 15.5. The van der Waals surface area contributed by atoms with Crippen LogP contribution in [-0.4, -0.2) is 27.6 Å². The number of rotatable bonds is 5. The Kier molecular flexibility index (Phi) is 4.95. The van der Waals surface area contributed by atoms with Crippen LogP contribution in [0.15, 0.2) is 66.7 Å². The van der Waals surface area contributed by atoms with Gasteiger partial charge in [-0.3, -0.25) is 9.10 Å². The Morgan fingerprint density at radius 2 is 1.62 bits per heavy atom. The molecule has 0 saturated carbocycles. The second kappa shape index (κ2) is 7.17. The molecule has 134 valence electrons. The van der Waals surface area contributed by atoms with Crippen molar-refractivity contribution in [3.05, 3.63) is 77.9 Å². The number of carbonyl (C=O) groups excluding carboxylic acids is 1. The maximum Gasteiger partial charge on any atom is 0.251 e. The lowest BCUT2D eigenvalue weighted by atomic mass is 10.0. The number of fused-ring (bicyclic) bond motifs is 1. The summed E-state index contributed by atoms with van der Waals surface area (Å²) >= 11 is 0. The van der Waals surface area contributed by atoms with E-state index in [9.17, 15) is 13.2 Å². The van der Waals surface area contributed by atoms with Crippen LogP contribution < -0.4 is 9.62 Å². The van der Waals surface area contributed by atoms with Crippen molar-refractivity contribution in [2.75, 3.05) is 17.6 Å². The molecule has 0 aromatic heterocycles. The van der Waals surface area contributed by atoms with Crippen molar-refractivity contribution >= 4 is 32.4 Å². The highest BCUT2D eigenvalue weighted by Crippen LogP contribution is 2.19. The van der Waals surface area contributed by atoms with E-state index in [-0.39, 0.29) is 5.91 Å². The summed E-state index contributed by atoms with van der Waals surface area (Å²) in [6.07, 6.45) is 1.14. The maximum atomic E-state index is 12.4. The third-order valence-electron chi connectivity index (χ3n) is 4.31. The fourth-order valence-electron chi connectivity index (χ4n) is 2.74. The van der Waals surface area contributed by atoms with E-state index in [1.165, 1.54) is 11.4 Å². The standard InChI is InChI=1S/C20H20N2O3S/c1-22(26(2,24)25)18-12-10-16(11-13-18)20(23)21-14-17-8-5-7-15-6-3-4-9-19(15)17/h3-13H,14H2,1-2H3,(H,21,23). The minimum Gasteiger partial charge on any atom is -0.348 e. The Morgan fingerprint density at radius 1 is 0.962 bits per heavy atom. The molecule has 1 amide bonds. The lowest BCUT2D eigenvalue weighted by Crippen LogP contribution is -2.25. The first-order valence-electron chi connectivity index (χ1n) is 8.15. The molecule has 6 heteroatoms. The summed E-state index contributed by atoms with van der Waals surface area (Å²) < 4.78 is 24.3. The van der Waals surface area contributed by atoms with Crippen LogP contribution in [0.2, 0.25) is 0 Å². The lowest BCUT2D eigenvalue weighted by molar-refractivity contribution is 0.0951. The molecule has 26 heavy (non-hydrogen) atoms. The summed E-state index contributed by atoms with van der Waals surface area (Å²) in [6.45, 7) is 0.422. The van der Waals surface area contributed by atoms with E-state index in [4.69, 9.17) is 0 Å². The van der Waals surface area contributed by atoms with Crippen LogP contribution in [0.1, 0.15) is 15.9 Å². The van der Waals surface area contributed by atoms with Crippen molar-refractivity contribution in [1.29, 1.82) is 0 Å². The van der Waals surface area contributed by atoms with E-state index in [0.717, 1.165) is 22.6 Å². The third-order valence-corrected chi connectivity index (χ3v) is 5.52. The average Bonchev–Trinajstić information content (AvgIpc) is 2.65. The topological polar surface area (TPSA) is 66.5 Å². The van der Waals surface area contributed by atoms with Crippen LogP contribution in [0.4, 0.5) is 5.69 Å². The van der Waals surface area contributed by atoms with Gasteiger partial charge in [0.15, 0.2) is 0 Å². The first-order chi connectivity index (χ1) is 12.4. The maximum absolute atomic E-state index is 12.4. The first-order valence-corrected chi connectivity index (χ1v) is 10.00. The van der Waals surface area contributed by atoms with Crippen molar-refractivity contribution in [2.45, 2.75) is 6.54 Å². The number of amides is 1. The Balaban J connectivity index is 1.72. The average molecular weight is 368 g/mol. The molecule has 1 N–H and O–H groups in total. The van der Waals surface area contributed by atoms with Crippen molar-refractivity contribution in [3.63, 3.8) is 0 Å². The molecule has 0 spiro atoms. The van der Waals surface area contributed by atoms with Crippen LogP contribution in [0.3, 0.4) is 0 Å². The highest BCUT2D eigenvalue weighted by Gasteiger charge is 2.13. The monoisotopic (exact) mass is 368 g/mol. The van der Waals surface area contributed by atoms with Gasteiger partial charge in [0.1, 0.15) is 0 Å². The zero-order chi connectivity index (χ0) is 18.7. The van der Waals surface area contributed by atoms with Crippen LogP contribution in [-0.2, 0) is 16.6 Å². The second-order valence-corrected chi connectivity index (χ2v) is 8.11. The van der Waals surface area contributed by atoms with E-state index < -0.39 is 10.0 Å². The van der Waals surface area contributed by atoms with E-state index in [1.807, 2.05) is 42.5 Å². The SMILES string of the molecule is CN(c1ccc(C(=O)NCc2cccc3ccccc23)cc1)S(C)(=O)=O. The second-order valence-electron chi connectivity index (χ2n) is 6.10. The predicted octanol–water partition coefficient (Wildman–Crippen LogP) is 3.17. The summed E-state index contributed by atoms with van der Waals surface area (Å²) in [5, 5.41) is 5.16. The van der Waals surface area contributed by atoms with Gasteiger partial charge in [0, 0.05) is 19.2 Å². The number of benzene rings is 3. The van der Waals surface area contributed by atoms with E-state index >= 15 is 0 Å². The quantitative estimate of drug-likeness (QED) is 0.752. The van der Waals surface area contributed by atoms with E-state index in [1.54, 1.807) is 24.3 Å². The predicted molar refractivity (Wildman–Crippen MR) is 105 cm³/mol. The minimum atomic E-state index is -3.32. The van der Waals surface area contributed by atoms with Gasteiger partial charge < -0.3 is 5.32 Å². The molecule has 0 aliphatic heterocycles. The van der Waals surface area contributed by atoms with Crippen molar-refractivity contribution < 1.29 is 13.2 Å². The number of nitrogens with zero attached hydrogens (tertiary/aromatic N) is 1. The molecule has 3 aromatic rings. The van der Waals surface area contributed by atoms with Gasteiger partial charge in [-0.25, -0.2) is 8.42 Å². The van der Waals surface area contributed by atoms with E-state index in [0.29, 0.717) is 17.8 Å². The van der Waals surface area contributed by atoms with E-state index in [2.05, 4.69) is 5.32 Å². The van der Waals surface area contributed by atoms with Gasteiger partial charge >= 0.3 is 0 Å². The summed E-state index contributed by atoms with van der Waals surface area (Å²) in [7, 11) is -1.85. The van der Waals surface area contributed by atoms with Gasteiger partial charge in [0.2, 0.25) is 10.0 Å². The summed E-state index contributed by atoms with van der Waals surface area (Å²) in [5.41, 5.74) is 2.04. The Hall–Kier alpha value is -2.86. The number of carbonyl (C=O) groups is 1. The summed E-state index contributed by atoms with van der Waals surface area (Å²) in [4.78, 5) is 12.4. The lowest BCUT2D eigenvalue weighted by Gasteiger charge is -2.16. The molecule has 0 aliphatic carbocycles. The Bertz CT molecular complexity index is 1040. The smallest absolute Gasteiger partial charge is 0.251 e. The van der Waals surface area contributed by atoms with Gasteiger partial charge in [-0.1, -0.05) is 42.5 Å². The third kappa shape index (κ3) is 3.86. The summed E-state index contributed by atoms with van der Waals surface area (Å²) in [6, 6.07) is 20.5. The minimum absolute atomic E-state index is 0.202. The summed E-state index contributed by atoms with van der Waals surface area (Å²) in [5.74, 6) is -0.202.